The number of aromatic nitrogens is 1. The van der Waals surface area contributed by atoms with Gasteiger partial charge < -0.3 is 10.1 Å². The zero-order valence-corrected chi connectivity index (χ0v) is 9.13. The number of H-pyrrole nitrogens is 1. The molecule has 1 aromatic carbocycles. The number of nitrogens with one attached hydrogen (secondary N) is 1. The lowest BCUT2D eigenvalue weighted by Crippen LogP contribution is -2.15. The Labute approximate surface area is 95.5 Å². The molecule has 0 aliphatic heterocycles. The first-order chi connectivity index (χ1) is 7.52. The summed E-state index contributed by atoms with van der Waals surface area (Å²) in [5.74, 6) is -1.25. The zero-order valence-electron chi connectivity index (χ0n) is 8.37. The Morgan fingerprint density at radius 2 is 2.12 bits per heavy atom. The molecular formula is C11H8ClNO3. The molecule has 4 nitrogen and oxygen atoms in total. The molecule has 0 radical (unpaired) electrons. The molecule has 82 valence electrons. The average molecular weight is 238 g/mol. The normalized spacial score (nSPS) is 10.6. The molecule has 0 saturated carbocycles. The van der Waals surface area contributed by atoms with Crippen molar-refractivity contribution in [3.05, 3.63) is 44.7 Å². The van der Waals surface area contributed by atoms with Crippen LogP contribution in [0.15, 0.2) is 23.1 Å². The molecule has 0 amide bonds. The molecule has 1 aromatic heterocycles. The standard InChI is InChI=1S/C11H8ClNO3/c1-5-2-3-6-9(8(5)12)13-4-7(10(6)14)11(15)16/h2-4H,1H3,(H,13,14)(H,15,16). The number of hydrogen-bond donors (Lipinski definition) is 2. The van der Waals surface area contributed by atoms with E-state index in [0.29, 0.717) is 10.5 Å². The van der Waals surface area contributed by atoms with E-state index in [0.717, 1.165) is 5.56 Å². The van der Waals surface area contributed by atoms with Crippen molar-refractivity contribution >= 4 is 28.5 Å². The van der Waals surface area contributed by atoms with Gasteiger partial charge in [-0.15, -0.1) is 0 Å². The summed E-state index contributed by atoms with van der Waals surface area (Å²) in [6, 6.07) is 3.26. The maximum Gasteiger partial charge on any atom is 0.341 e. The number of aromatic amines is 1. The van der Waals surface area contributed by atoms with Gasteiger partial charge in [0.05, 0.1) is 10.5 Å². The highest BCUT2D eigenvalue weighted by molar-refractivity contribution is 6.35. The lowest BCUT2D eigenvalue weighted by molar-refractivity contribution is 0.0695. The molecule has 1 heterocycles. The Bertz CT molecular complexity index is 645. The molecule has 0 spiro atoms. The summed E-state index contributed by atoms with van der Waals surface area (Å²) in [4.78, 5) is 25.3. The van der Waals surface area contributed by atoms with Gasteiger partial charge >= 0.3 is 5.97 Å². The summed E-state index contributed by atoms with van der Waals surface area (Å²) in [7, 11) is 0. The van der Waals surface area contributed by atoms with Gasteiger partial charge in [-0.1, -0.05) is 17.7 Å². The van der Waals surface area contributed by atoms with Crippen LogP contribution in [0, 0.1) is 6.92 Å². The second-order valence-electron chi connectivity index (χ2n) is 3.46. The van der Waals surface area contributed by atoms with E-state index in [1.54, 1.807) is 12.1 Å². The Balaban J connectivity index is 2.93. The van der Waals surface area contributed by atoms with Crippen molar-refractivity contribution in [2.24, 2.45) is 0 Å². The van der Waals surface area contributed by atoms with E-state index in [1.807, 2.05) is 6.92 Å². The monoisotopic (exact) mass is 237 g/mol. The maximum atomic E-state index is 11.8. The third kappa shape index (κ3) is 1.47. The van der Waals surface area contributed by atoms with Crippen LogP contribution in [-0.2, 0) is 0 Å². The summed E-state index contributed by atoms with van der Waals surface area (Å²) in [5.41, 5.74) is 0.486. The number of carbonyl (C=O) groups is 1. The van der Waals surface area contributed by atoms with Gasteiger partial charge in [0.1, 0.15) is 5.56 Å². The van der Waals surface area contributed by atoms with Crippen molar-refractivity contribution in [1.29, 1.82) is 0 Å². The van der Waals surface area contributed by atoms with E-state index in [-0.39, 0.29) is 10.9 Å². The van der Waals surface area contributed by atoms with Crippen molar-refractivity contribution < 1.29 is 9.90 Å². The fraction of sp³-hybridized carbons (Fsp3) is 0.0909. The summed E-state index contributed by atoms with van der Waals surface area (Å²) in [6.07, 6.45) is 1.16. The first kappa shape index (κ1) is 10.7. The Kier molecular flexibility index (Phi) is 2.44. The molecule has 2 N–H and O–H groups in total. The van der Waals surface area contributed by atoms with Crippen molar-refractivity contribution in [2.75, 3.05) is 0 Å². The number of pyridine rings is 1. The van der Waals surface area contributed by atoms with Crippen LogP contribution >= 0.6 is 11.6 Å². The van der Waals surface area contributed by atoms with E-state index in [4.69, 9.17) is 16.7 Å². The minimum Gasteiger partial charge on any atom is -0.477 e. The molecule has 0 aliphatic carbocycles. The number of hydrogen-bond acceptors (Lipinski definition) is 2. The number of aromatic carboxylic acids is 1. The van der Waals surface area contributed by atoms with Gasteiger partial charge in [0, 0.05) is 11.6 Å². The number of carboxylic acid groups (broad SMARTS) is 1. The van der Waals surface area contributed by atoms with E-state index in [2.05, 4.69) is 4.98 Å². The van der Waals surface area contributed by atoms with Gasteiger partial charge in [-0.25, -0.2) is 4.79 Å². The first-order valence-corrected chi connectivity index (χ1v) is 4.94. The molecule has 0 aliphatic rings. The summed E-state index contributed by atoms with van der Waals surface area (Å²) < 4.78 is 0. The van der Waals surface area contributed by atoms with Crippen molar-refractivity contribution in [3.8, 4) is 0 Å². The lowest BCUT2D eigenvalue weighted by atomic mass is 10.1. The van der Waals surface area contributed by atoms with E-state index in [9.17, 15) is 9.59 Å². The number of benzene rings is 1. The quantitative estimate of drug-likeness (QED) is 0.799. The molecule has 2 aromatic rings. The summed E-state index contributed by atoms with van der Waals surface area (Å²) >= 11 is 6.01. The SMILES string of the molecule is Cc1ccc2c(=O)c(C(=O)O)c[nH]c2c1Cl. The van der Waals surface area contributed by atoms with Gasteiger partial charge in [-0.05, 0) is 18.6 Å². The van der Waals surface area contributed by atoms with Gasteiger partial charge in [0.25, 0.3) is 0 Å². The van der Waals surface area contributed by atoms with Crippen LogP contribution in [0.25, 0.3) is 10.9 Å². The predicted octanol–water partition coefficient (Wildman–Crippen LogP) is 2.19. The van der Waals surface area contributed by atoms with Crippen LogP contribution in [0.4, 0.5) is 0 Å². The van der Waals surface area contributed by atoms with Gasteiger partial charge in [-0.3, -0.25) is 4.79 Å². The summed E-state index contributed by atoms with van der Waals surface area (Å²) in [6.45, 7) is 1.81. The Hall–Kier alpha value is -1.81. The third-order valence-corrected chi connectivity index (χ3v) is 2.90. The summed E-state index contributed by atoms with van der Waals surface area (Å²) in [5, 5.41) is 9.52. The third-order valence-electron chi connectivity index (χ3n) is 2.42. The first-order valence-electron chi connectivity index (χ1n) is 4.56. The van der Waals surface area contributed by atoms with Gasteiger partial charge in [-0.2, -0.15) is 0 Å². The number of carboxylic acids is 1. The molecule has 16 heavy (non-hydrogen) atoms. The number of halogens is 1. The van der Waals surface area contributed by atoms with E-state index >= 15 is 0 Å². The molecule has 0 saturated heterocycles. The molecule has 0 atom stereocenters. The molecule has 2 rings (SSSR count). The maximum absolute atomic E-state index is 11.8. The fourth-order valence-electron chi connectivity index (χ4n) is 1.52. The van der Waals surface area contributed by atoms with Crippen LogP contribution in [0.3, 0.4) is 0 Å². The molecular weight excluding hydrogens is 230 g/mol. The topological polar surface area (TPSA) is 70.2 Å². The highest BCUT2D eigenvalue weighted by Gasteiger charge is 2.13. The Morgan fingerprint density at radius 3 is 2.75 bits per heavy atom. The molecule has 5 heteroatoms. The number of aryl methyl sites for hydroxylation is 1. The Morgan fingerprint density at radius 1 is 1.44 bits per heavy atom. The van der Waals surface area contributed by atoms with Crippen LogP contribution < -0.4 is 5.43 Å². The minimum absolute atomic E-state index is 0.285. The second kappa shape index (κ2) is 3.64. The minimum atomic E-state index is -1.25. The largest absolute Gasteiger partial charge is 0.477 e. The van der Waals surface area contributed by atoms with Crippen molar-refractivity contribution in [1.82, 2.24) is 4.98 Å². The smallest absolute Gasteiger partial charge is 0.341 e. The number of fused-ring (bicyclic) bond motifs is 1. The average Bonchev–Trinajstić information content (AvgIpc) is 2.23. The number of rotatable bonds is 1. The van der Waals surface area contributed by atoms with Crippen molar-refractivity contribution in [2.45, 2.75) is 6.92 Å². The molecule has 0 bridgehead atoms. The molecule has 0 unspecified atom stereocenters. The van der Waals surface area contributed by atoms with Crippen molar-refractivity contribution in [3.63, 3.8) is 0 Å². The highest BCUT2D eigenvalue weighted by Crippen LogP contribution is 2.23. The van der Waals surface area contributed by atoms with Gasteiger partial charge in [0.15, 0.2) is 0 Å². The fourth-order valence-corrected chi connectivity index (χ4v) is 1.74. The molecule has 0 fully saturated rings. The van der Waals surface area contributed by atoms with Crippen LogP contribution in [0.1, 0.15) is 15.9 Å². The predicted molar refractivity (Wildman–Crippen MR) is 61.3 cm³/mol. The lowest BCUT2D eigenvalue weighted by Gasteiger charge is -2.04. The second-order valence-corrected chi connectivity index (χ2v) is 3.83. The van der Waals surface area contributed by atoms with Crippen LogP contribution in [0.2, 0.25) is 5.02 Å². The zero-order chi connectivity index (χ0) is 11.9. The van der Waals surface area contributed by atoms with Crippen LogP contribution in [0.5, 0.6) is 0 Å². The van der Waals surface area contributed by atoms with Crippen LogP contribution in [-0.4, -0.2) is 16.1 Å². The highest BCUT2D eigenvalue weighted by atomic mass is 35.5. The van der Waals surface area contributed by atoms with Gasteiger partial charge in [0.2, 0.25) is 5.43 Å². The van der Waals surface area contributed by atoms with E-state index < -0.39 is 11.4 Å². The van der Waals surface area contributed by atoms with E-state index in [1.165, 1.54) is 6.20 Å².